The van der Waals surface area contributed by atoms with Gasteiger partial charge in [0.2, 0.25) is 0 Å². The second-order valence-corrected chi connectivity index (χ2v) is 8.98. The molecular weight excluding hydrogens is 392 g/mol. The highest BCUT2D eigenvalue weighted by atomic mass is 32.2. The van der Waals surface area contributed by atoms with E-state index in [1.807, 2.05) is 19.1 Å². The molecule has 0 radical (unpaired) electrons. The summed E-state index contributed by atoms with van der Waals surface area (Å²) in [6, 6.07) is 10.3. The van der Waals surface area contributed by atoms with Crippen molar-refractivity contribution in [1.29, 1.82) is 0 Å². The molecule has 5 heteroatoms. The zero-order chi connectivity index (χ0) is 22.0. The van der Waals surface area contributed by atoms with E-state index in [0.29, 0.717) is 22.6 Å². The molecule has 0 atom stereocenters. The van der Waals surface area contributed by atoms with Crippen molar-refractivity contribution in [2.24, 2.45) is 4.99 Å². The highest BCUT2D eigenvalue weighted by Crippen LogP contribution is 2.36. The van der Waals surface area contributed by atoms with Crippen LogP contribution in [0, 0.1) is 20.8 Å². The van der Waals surface area contributed by atoms with Gasteiger partial charge in [-0.3, -0.25) is 9.69 Å². The molecule has 0 saturated carbocycles. The quantitative estimate of drug-likeness (QED) is 0.526. The molecule has 0 bridgehead atoms. The maximum atomic E-state index is 12.9. The van der Waals surface area contributed by atoms with Gasteiger partial charge in [0.25, 0.3) is 5.91 Å². The average molecular weight is 423 g/mol. The summed E-state index contributed by atoms with van der Waals surface area (Å²) in [5.74, 6) is 1.23. The van der Waals surface area contributed by atoms with Gasteiger partial charge < -0.3 is 4.74 Å². The number of amides is 1. The number of thioether (sulfide) groups is 1. The van der Waals surface area contributed by atoms with Gasteiger partial charge >= 0.3 is 0 Å². The first-order valence-electron chi connectivity index (χ1n) is 10.3. The minimum atomic E-state index is -0.0260. The van der Waals surface area contributed by atoms with Gasteiger partial charge in [-0.25, -0.2) is 4.99 Å². The van der Waals surface area contributed by atoms with Gasteiger partial charge in [0, 0.05) is 7.05 Å². The van der Waals surface area contributed by atoms with E-state index < -0.39 is 0 Å². The van der Waals surface area contributed by atoms with Crippen molar-refractivity contribution in [2.75, 3.05) is 13.7 Å². The zero-order valence-corrected chi connectivity index (χ0v) is 19.7. The topological polar surface area (TPSA) is 41.9 Å². The molecule has 1 aliphatic heterocycles. The molecule has 0 aliphatic carbocycles. The molecule has 0 N–H and O–H groups in total. The molecule has 3 rings (SSSR count). The Morgan fingerprint density at radius 3 is 2.47 bits per heavy atom. The van der Waals surface area contributed by atoms with Gasteiger partial charge in [-0.1, -0.05) is 19.9 Å². The van der Waals surface area contributed by atoms with Crippen LogP contribution in [0.3, 0.4) is 0 Å². The second kappa shape index (κ2) is 9.09. The van der Waals surface area contributed by atoms with Crippen LogP contribution >= 0.6 is 11.8 Å². The number of aliphatic imine (C=N–C) groups is 1. The van der Waals surface area contributed by atoms with Crippen molar-refractivity contribution in [3.8, 4) is 5.75 Å². The van der Waals surface area contributed by atoms with E-state index in [-0.39, 0.29) is 5.91 Å². The zero-order valence-electron chi connectivity index (χ0n) is 18.9. The fourth-order valence-corrected chi connectivity index (χ4v) is 4.28. The maximum Gasteiger partial charge on any atom is 0.266 e. The lowest BCUT2D eigenvalue weighted by Gasteiger charge is -2.16. The van der Waals surface area contributed by atoms with Crippen LogP contribution in [-0.2, 0) is 4.79 Å². The molecule has 1 aliphatic rings. The molecule has 158 valence electrons. The van der Waals surface area contributed by atoms with Crippen molar-refractivity contribution >= 4 is 34.6 Å². The Morgan fingerprint density at radius 1 is 1.10 bits per heavy atom. The molecular formula is C25H30N2O2S. The van der Waals surface area contributed by atoms with Crippen molar-refractivity contribution < 1.29 is 9.53 Å². The minimum Gasteiger partial charge on any atom is -0.494 e. The lowest BCUT2D eigenvalue weighted by atomic mass is 9.96. The van der Waals surface area contributed by atoms with Crippen LogP contribution in [0.1, 0.15) is 54.5 Å². The lowest BCUT2D eigenvalue weighted by Crippen LogP contribution is -2.23. The third-order valence-corrected chi connectivity index (χ3v) is 6.39. The number of nitrogens with zero attached hydrogens (tertiary/aromatic N) is 2. The summed E-state index contributed by atoms with van der Waals surface area (Å²) in [5, 5.41) is 0.696. The Morgan fingerprint density at radius 2 is 1.83 bits per heavy atom. The molecule has 0 aromatic heterocycles. The van der Waals surface area contributed by atoms with E-state index in [1.54, 1.807) is 11.9 Å². The molecule has 2 aromatic carbocycles. The molecule has 0 unspecified atom stereocenters. The average Bonchev–Trinajstić information content (AvgIpc) is 2.94. The first kappa shape index (κ1) is 22.2. The minimum absolute atomic E-state index is 0.0260. The monoisotopic (exact) mass is 422 g/mol. The Bertz CT molecular complexity index is 1040. The third-order valence-electron chi connectivity index (χ3n) is 5.33. The normalized spacial score (nSPS) is 16.9. The van der Waals surface area contributed by atoms with Crippen LogP contribution in [0.2, 0.25) is 0 Å². The van der Waals surface area contributed by atoms with Crippen molar-refractivity contribution in [1.82, 2.24) is 4.90 Å². The Hall–Kier alpha value is -2.53. The fraction of sp³-hybridized carbons (Fsp3) is 0.360. The molecule has 30 heavy (non-hydrogen) atoms. The number of ether oxygens (including phenoxy) is 1. The summed E-state index contributed by atoms with van der Waals surface area (Å²) in [4.78, 5) is 19.9. The van der Waals surface area contributed by atoms with Crippen LogP contribution in [-0.4, -0.2) is 29.6 Å². The van der Waals surface area contributed by atoms with E-state index in [1.165, 1.54) is 22.9 Å². The summed E-state index contributed by atoms with van der Waals surface area (Å²) in [6.07, 6.45) is 1.98. The highest BCUT2D eigenvalue weighted by Gasteiger charge is 2.30. The molecule has 2 aromatic rings. The van der Waals surface area contributed by atoms with Gasteiger partial charge in [-0.05, 0) is 104 Å². The predicted octanol–water partition coefficient (Wildman–Crippen LogP) is 6.37. The first-order valence-corrected chi connectivity index (χ1v) is 11.1. The standard InChI is InChI=1S/C25H30N2O2S/c1-8-29-22-12-18(6)19(13-21(22)15(2)3)14-23-24(28)27(7)25(30-23)26-20-10-9-16(4)17(5)11-20/h9-15H,8H2,1-7H3. The van der Waals surface area contributed by atoms with Crippen LogP contribution in [0.25, 0.3) is 6.08 Å². The van der Waals surface area contributed by atoms with E-state index in [0.717, 1.165) is 28.1 Å². The summed E-state index contributed by atoms with van der Waals surface area (Å²) in [5.41, 5.74) is 6.57. The molecule has 1 amide bonds. The van der Waals surface area contributed by atoms with E-state index in [9.17, 15) is 4.79 Å². The number of hydrogen-bond donors (Lipinski definition) is 0. The molecule has 1 saturated heterocycles. The number of rotatable bonds is 5. The number of carbonyl (C=O) groups is 1. The SMILES string of the molecule is CCOc1cc(C)c(C=C2SC(=Nc3ccc(C)c(C)c3)N(C)C2=O)cc1C(C)C. The van der Waals surface area contributed by atoms with Gasteiger partial charge in [0.05, 0.1) is 17.2 Å². The van der Waals surface area contributed by atoms with E-state index in [4.69, 9.17) is 9.73 Å². The third kappa shape index (κ3) is 4.62. The number of aryl methyl sites for hydroxylation is 3. The van der Waals surface area contributed by atoms with Gasteiger partial charge in [-0.15, -0.1) is 0 Å². The Balaban J connectivity index is 1.96. The number of hydrogen-bond acceptors (Lipinski definition) is 4. The second-order valence-electron chi connectivity index (χ2n) is 7.97. The number of amidine groups is 1. The van der Waals surface area contributed by atoms with Crippen molar-refractivity contribution in [3.05, 3.63) is 63.1 Å². The molecule has 1 fully saturated rings. The summed E-state index contributed by atoms with van der Waals surface area (Å²) in [7, 11) is 1.78. The first-order chi connectivity index (χ1) is 14.2. The van der Waals surface area contributed by atoms with Crippen molar-refractivity contribution in [2.45, 2.75) is 47.5 Å². The summed E-state index contributed by atoms with van der Waals surface area (Å²) in [6.45, 7) is 13.1. The van der Waals surface area contributed by atoms with Gasteiger partial charge in [0.1, 0.15) is 5.75 Å². The largest absolute Gasteiger partial charge is 0.494 e. The fourth-order valence-electron chi connectivity index (χ4n) is 3.30. The van der Waals surface area contributed by atoms with Gasteiger partial charge in [-0.2, -0.15) is 0 Å². The van der Waals surface area contributed by atoms with E-state index >= 15 is 0 Å². The predicted molar refractivity (Wildman–Crippen MR) is 128 cm³/mol. The lowest BCUT2D eigenvalue weighted by molar-refractivity contribution is -0.121. The van der Waals surface area contributed by atoms with Crippen LogP contribution in [0.4, 0.5) is 5.69 Å². The summed E-state index contributed by atoms with van der Waals surface area (Å²) < 4.78 is 5.82. The summed E-state index contributed by atoms with van der Waals surface area (Å²) >= 11 is 1.42. The number of benzene rings is 2. The van der Waals surface area contributed by atoms with Crippen LogP contribution < -0.4 is 4.74 Å². The Kier molecular flexibility index (Phi) is 6.71. The highest BCUT2D eigenvalue weighted by molar-refractivity contribution is 8.18. The maximum absolute atomic E-state index is 12.9. The number of likely N-dealkylation sites (N-methyl/N-ethyl adjacent to an activating group) is 1. The van der Waals surface area contributed by atoms with Crippen molar-refractivity contribution in [3.63, 3.8) is 0 Å². The molecule has 1 heterocycles. The molecule has 0 spiro atoms. The van der Waals surface area contributed by atoms with Crippen LogP contribution in [0.15, 0.2) is 40.2 Å². The number of carbonyl (C=O) groups excluding carboxylic acids is 1. The molecule has 4 nitrogen and oxygen atoms in total. The Labute approximate surface area is 184 Å². The smallest absolute Gasteiger partial charge is 0.266 e. The van der Waals surface area contributed by atoms with Crippen LogP contribution in [0.5, 0.6) is 5.75 Å². The van der Waals surface area contributed by atoms with Gasteiger partial charge in [0.15, 0.2) is 5.17 Å². The van der Waals surface area contributed by atoms with E-state index in [2.05, 4.69) is 58.9 Å².